The van der Waals surface area contributed by atoms with Gasteiger partial charge in [0.15, 0.2) is 0 Å². The number of ether oxygens (including phenoxy) is 1. The van der Waals surface area contributed by atoms with Gasteiger partial charge in [0.2, 0.25) is 0 Å². The molecule has 10 heteroatoms. The Labute approximate surface area is 125 Å². The first kappa shape index (κ1) is 17.3. The largest absolute Gasteiger partial charge is 0.460 e. The van der Waals surface area contributed by atoms with Gasteiger partial charge in [0, 0.05) is 0 Å². The third-order valence-corrected chi connectivity index (χ3v) is 2.78. The summed E-state index contributed by atoms with van der Waals surface area (Å²) in [4.78, 5) is 25.4. The molecule has 1 aromatic heterocycles. The molecule has 1 rings (SSSR count). The normalized spacial score (nSPS) is 14.6. The molecule has 0 saturated heterocycles. The number of aromatic nitrogens is 2. The maximum Gasteiger partial charge on any atom is 0.383 e. The second-order valence-electron chi connectivity index (χ2n) is 5.35. The van der Waals surface area contributed by atoms with E-state index in [9.17, 15) is 20.0 Å². The van der Waals surface area contributed by atoms with Crippen molar-refractivity contribution in [2.45, 2.75) is 32.5 Å². The van der Waals surface area contributed by atoms with Crippen LogP contribution < -0.4 is 5.73 Å². The van der Waals surface area contributed by atoms with Crippen LogP contribution in [-0.2, 0) is 9.53 Å². The molecule has 0 fully saturated rings. The predicted molar refractivity (Wildman–Crippen MR) is 73.5 cm³/mol. The number of hydrogen-bond acceptors (Lipinski definition) is 7. The number of halogens is 1. The van der Waals surface area contributed by atoms with E-state index in [1.165, 1.54) is 0 Å². The molecule has 0 aliphatic carbocycles. The molecular formula is C11H17ClN4O5. The van der Waals surface area contributed by atoms with Crippen LogP contribution in [0.5, 0.6) is 0 Å². The summed E-state index contributed by atoms with van der Waals surface area (Å²) in [7, 11) is 0. The van der Waals surface area contributed by atoms with Crippen molar-refractivity contribution in [1.29, 1.82) is 0 Å². The minimum absolute atomic E-state index is 0.254. The molecule has 2 atom stereocenters. The van der Waals surface area contributed by atoms with Gasteiger partial charge in [0.05, 0.1) is 6.61 Å². The molecule has 1 heterocycles. The quantitative estimate of drug-likeness (QED) is 0.466. The van der Waals surface area contributed by atoms with Gasteiger partial charge in [-0.25, -0.2) is 0 Å². The van der Waals surface area contributed by atoms with E-state index in [0.29, 0.717) is 0 Å². The molecule has 0 aliphatic rings. The lowest BCUT2D eigenvalue weighted by Gasteiger charge is -2.26. The first-order chi connectivity index (χ1) is 9.56. The number of esters is 1. The number of carbonyl (C=O) groups is 1. The van der Waals surface area contributed by atoms with E-state index in [-0.39, 0.29) is 5.28 Å². The second kappa shape index (κ2) is 6.37. The number of carbonyl (C=O) groups excluding carboxylic acids is 1. The molecule has 2 unspecified atom stereocenters. The predicted octanol–water partition coefficient (Wildman–Crippen LogP) is 0.852. The number of rotatable bonds is 5. The first-order valence-electron chi connectivity index (χ1n) is 6.05. The van der Waals surface area contributed by atoms with Crippen molar-refractivity contribution in [2.24, 2.45) is 11.7 Å². The third kappa shape index (κ3) is 4.38. The van der Waals surface area contributed by atoms with Gasteiger partial charge in [-0.3, -0.25) is 9.36 Å². The van der Waals surface area contributed by atoms with Crippen LogP contribution in [0.1, 0.15) is 26.9 Å². The van der Waals surface area contributed by atoms with Gasteiger partial charge < -0.3 is 25.7 Å². The van der Waals surface area contributed by atoms with Crippen LogP contribution in [0, 0.1) is 16.0 Å². The Balaban J connectivity index is 3.01. The molecule has 21 heavy (non-hydrogen) atoms. The van der Waals surface area contributed by atoms with E-state index in [2.05, 4.69) is 4.98 Å². The summed E-state index contributed by atoms with van der Waals surface area (Å²) >= 11 is 5.76. The summed E-state index contributed by atoms with van der Waals surface area (Å²) in [5, 5.41) is 19.7. The Kier molecular flexibility index (Phi) is 5.26. The number of nitrogens with two attached hydrogens (primary N) is 1. The van der Waals surface area contributed by atoms with E-state index < -0.39 is 41.0 Å². The second-order valence-corrected chi connectivity index (χ2v) is 5.68. The first-order valence-corrected chi connectivity index (χ1v) is 6.42. The molecule has 0 saturated carbocycles. The molecule has 0 aromatic carbocycles. The van der Waals surface area contributed by atoms with E-state index in [1.807, 2.05) is 0 Å². The van der Waals surface area contributed by atoms with Crippen molar-refractivity contribution < 1.29 is 19.6 Å². The van der Waals surface area contributed by atoms with Crippen LogP contribution in [0.25, 0.3) is 0 Å². The summed E-state index contributed by atoms with van der Waals surface area (Å²) in [5.74, 6) is -2.36. The zero-order valence-electron chi connectivity index (χ0n) is 11.8. The Bertz CT molecular complexity index is 539. The Morgan fingerprint density at radius 1 is 1.67 bits per heavy atom. The minimum Gasteiger partial charge on any atom is -0.460 e. The Morgan fingerprint density at radius 2 is 2.24 bits per heavy atom. The summed E-state index contributed by atoms with van der Waals surface area (Å²) in [6, 6.07) is 0. The highest BCUT2D eigenvalue weighted by atomic mass is 35.5. The van der Waals surface area contributed by atoms with E-state index >= 15 is 0 Å². The van der Waals surface area contributed by atoms with Crippen molar-refractivity contribution in [1.82, 2.24) is 9.55 Å². The van der Waals surface area contributed by atoms with Crippen LogP contribution in [-0.4, -0.2) is 37.8 Å². The van der Waals surface area contributed by atoms with Gasteiger partial charge in [-0.2, -0.15) is 0 Å². The van der Waals surface area contributed by atoms with E-state index in [1.54, 1.807) is 20.8 Å². The van der Waals surface area contributed by atoms with Crippen LogP contribution in [0.3, 0.4) is 0 Å². The summed E-state index contributed by atoms with van der Waals surface area (Å²) < 4.78 is 6.18. The number of aliphatic hydroxyl groups excluding tert-OH is 1. The van der Waals surface area contributed by atoms with Crippen LogP contribution >= 0.6 is 11.6 Å². The number of aliphatic hydroxyl groups is 1. The average Bonchev–Trinajstić information content (AvgIpc) is 2.69. The van der Waals surface area contributed by atoms with E-state index in [0.717, 1.165) is 10.8 Å². The molecule has 118 valence electrons. The van der Waals surface area contributed by atoms with Gasteiger partial charge in [-0.15, -0.1) is 0 Å². The molecule has 0 bridgehead atoms. The number of nitro groups is 1. The topological polar surface area (TPSA) is 134 Å². The Hall–Kier alpha value is -1.71. The highest BCUT2D eigenvalue weighted by Gasteiger charge is 2.33. The zero-order chi connectivity index (χ0) is 16.4. The SMILES string of the molecule is CC(C)(C)OC(=O)C(CO)C(N)n1cc([N+](=O)[O-])nc1Cl. The van der Waals surface area contributed by atoms with E-state index in [4.69, 9.17) is 22.1 Å². The maximum atomic E-state index is 12.0. The summed E-state index contributed by atoms with van der Waals surface area (Å²) in [6.45, 7) is 4.40. The number of nitrogens with zero attached hydrogens (tertiary/aromatic N) is 3. The van der Waals surface area contributed by atoms with Crippen LogP contribution in [0.4, 0.5) is 5.82 Å². The number of hydrogen-bond donors (Lipinski definition) is 2. The number of imidazole rings is 1. The molecule has 1 aromatic rings. The maximum absolute atomic E-state index is 12.0. The molecule has 0 radical (unpaired) electrons. The van der Waals surface area contributed by atoms with Crippen molar-refractivity contribution >= 4 is 23.4 Å². The van der Waals surface area contributed by atoms with Gasteiger partial charge >= 0.3 is 17.1 Å². The average molecular weight is 321 g/mol. The smallest absolute Gasteiger partial charge is 0.383 e. The standard InChI is InChI=1S/C11H17ClN4O5/c1-11(2,3)21-9(18)6(5-17)8(13)15-4-7(16(19)20)14-10(15)12/h4,6,8,17H,5,13H2,1-3H3. The molecule has 3 N–H and O–H groups in total. The van der Waals surface area contributed by atoms with Gasteiger partial charge in [-0.05, 0) is 42.3 Å². The minimum atomic E-state index is -1.14. The fourth-order valence-corrected chi connectivity index (χ4v) is 1.80. The van der Waals surface area contributed by atoms with Gasteiger partial charge in [-0.1, -0.05) is 0 Å². The fraction of sp³-hybridized carbons (Fsp3) is 0.636. The van der Waals surface area contributed by atoms with Crippen LogP contribution in [0.15, 0.2) is 6.20 Å². The van der Waals surface area contributed by atoms with Crippen molar-refractivity contribution in [2.75, 3.05) is 6.61 Å². The lowest BCUT2D eigenvalue weighted by Crippen LogP contribution is -2.39. The highest BCUT2D eigenvalue weighted by molar-refractivity contribution is 6.28. The molecule has 0 amide bonds. The molecular weight excluding hydrogens is 304 g/mol. The Morgan fingerprint density at radius 3 is 2.62 bits per heavy atom. The van der Waals surface area contributed by atoms with Crippen LogP contribution in [0.2, 0.25) is 5.28 Å². The fourth-order valence-electron chi connectivity index (χ4n) is 1.55. The van der Waals surface area contributed by atoms with Crippen molar-refractivity contribution in [3.8, 4) is 0 Å². The molecule has 9 nitrogen and oxygen atoms in total. The highest BCUT2D eigenvalue weighted by Crippen LogP contribution is 2.24. The monoisotopic (exact) mass is 320 g/mol. The van der Waals surface area contributed by atoms with Gasteiger partial charge in [0.1, 0.15) is 23.9 Å². The lowest BCUT2D eigenvalue weighted by molar-refractivity contribution is -0.389. The third-order valence-electron chi connectivity index (χ3n) is 2.50. The van der Waals surface area contributed by atoms with Crippen molar-refractivity contribution in [3.05, 3.63) is 21.6 Å². The molecule has 0 aliphatic heterocycles. The van der Waals surface area contributed by atoms with Crippen molar-refractivity contribution in [3.63, 3.8) is 0 Å². The summed E-state index contributed by atoms with van der Waals surface area (Å²) in [5.41, 5.74) is 5.08. The van der Waals surface area contributed by atoms with Gasteiger partial charge in [0.25, 0.3) is 0 Å². The molecule has 0 spiro atoms. The zero-order valence-corrected chi connectivity index (χ0v) is 12.6. The lowest BCUT2D eigenvalue weighted by atomic mass is 10.1. The summed E-state index contributed by atoms with van der Waals surface area (Å²) in [6.07, 6.45) is -0.140.